The molecule has 0 unspecified atom stereocenters. The number of carbonyl (C=O) groups excluding carboxylic acids is 2. The lowest BCUT2D eigenvalue weighted by molar-refractivity contribution is -0.882. The molecule has 1 N–H and O–H groups in total. The summed E-state index contributed by atoms with van der Waals surface area (Å²) >= 11 is 0. The van der Waals surface area contributed by atoms with Crippen LogP contribution in [0.1, 0.15) is 61.4 Å². The molecule has 0 spiro atoms. The van der Waals surface area contributed by atoms with Gasteiger partial charge in [-0.1, -0.05) is 50.8 Å². The number of allylic oxidation sites excluding steroid dienone is 1. The Morgan fingerprint density at radius 1 is 0.912 bits per heavy atom. The molecule has 0 atom stereocenters. The van der Waals surface area contributed by atoms with Gasteiger partial charge in [0, 0.05) is 11.3 Å². The number of unbranched alkanes of at least 4 members (excludes halogenated alkanes) is 5. The number of benzene rings is 2. The lowest BCUT2D eigenvalue weighted by Crippen LogP contribution is -3.00. The number of hydrogen-bond acceptors (Lipinski definition) is 3. The van der Waals surface area contributed by atoms with E-state index in [2.05, 4.69) is 26.3 Å². The van der Waals surface area contributed by atoms with E-state index in [0.717, 1.165) is 24.3 Å². The van der Waals surface area contributed by atoms with E-state index in [1.807, 2.05) is 24.3 Å². The third-order valence-corrected chi connectivity index (χ3v) is 5.68. The average molecular weight is 487 g/mol. The Morgan fingerprint density at radius 2 is 1.53 bits per heavy atom. The number of ketones is 1. The van der Waals surface area contributed by atoms with Crippen LogP contribution in [-0.4, -0.2) is 50.5 Å². The maximum Gasteiger partial charge on any atom is 0.279 e. The molecule has 34 heavy (non-hydrogen) atoms. The Hall–Kier alpha value is -2.63. The molecule has 0 saturated carbocycles. The predicted octanol–water partition coefficient (Wildman–Crippen LogP) is 2.97. The van der Waals surface area contributed by atoms with E-state index in [0.29, 0.717) is 22.3 Å². The van der Waals surface area contributed by atoms with Crippen molar-refractivity contribution in [3.05, 3.63) is 65.7 Å². The number of nitrogens with one attached hydrogen (secondary N) is 1. The standard InChI is InChI=1S/C28H38N2O3.ClH/c1-5-6-7-8-9-10-21-30(2,3)22-28(32)29-25-16-14-24(15-17-25)27(31)20-13-23-11-18-26(33-4)19-12-23;/h11-20H,5-10,21-22H2,1-4H3;1H/b20-13+;. The SMILES string of the molecule is CCCCCCCC[N+](C)(C)CC(=O)Nc1ccc(C(=O)/C=C/c2ccc(OC)cc2)cc1.[Cl-]. The molecule has 0 aromatic heterocycles. The third-order valence-electron chi connectivity index (χ3n) is 5.68. The maximum atomic E-state index is 12.5. The van der Waals surface area contributed by atoms with Crippen LogP contribution in [0, 0.1) is 0 Å². The summed E-state index contributed by atoms with van der Waals surface area (Å²) in [6.07, 6.45) is 10.9. The predicted molar refractivity (Wildman–Crippen MR) is 137 cm³/mol. The number of carbonyl (C=O) groups is 2. The molecule has 186 valence electrons. The van der Waals surface area contributed by atoms with Gasteiger partial charge in [-0.25, -0.2) is 0 Å². The molecule has 2 aromatic rings. The van der Waals surface area contributed by atoms with Crippen LogP contribution in [0.25, 0.3) is 6.08 Å². The van der Waals surface area contributed by atoms with Crippen LogP contribution < -0.4 is 22.5 Å². The molecule has 1 amide bonds. The molecule has 0 fully saturated rings. The van der Waals surface area contributed by atoms with Gasteiger partial charge in [-0.3, -0.25) is 9.59 Å². The molecular weight excluding hydrogens is 448 g/mol. The second-order valence-corrected chi connectivity index (χ2v) is 9.18. The first kappa shape index (κ1) is 29.4. The van der Waals surface area contributed by atoms with Crippen molar-refractivity contribution in [2.45, 2.75) is 45.4 Å². The lowest BCUT2D eigenvalue weighted by atomic mass is 10.1. The molecule has 2 aromatic carbocycles. The van der Waals surface area contributed by atoms with Crippen LogP contribution in [0.3, 0.4) is 0 Å². The minimum absolute atomic E-state index is 0. The van der Waals surface area contributed by atoms with Gasteiger partial charge in [0.25, 0.3) is 5.91 Å². The molecule has 0 aliphatic rings. The first-order valence-corrected chi connectivity index (χ1v) is 11.9. The van der Waals surface area contributed by atoms with Crippen molar-refractivity contribution in [2.24, 2.45) is 0 Å². The highest BCUT2D eigenvalue weighted by atomic mass is 35.5. The number of nitrogens with zero attached hydrogens (tertiary/aromatic N) is 1. The van der Waals surface area contributed by atoms with Crippen molar-refractivity contribution < 1.29 is 31.2 Å². The van der Waals surface area contributed by atoms with E-state index in [1.165, 1.54) is 32.1 Å². The number of amides is 1. The Balaban J connectivity index is 0.00000578. The van der Waals surface area contributed by atoms with Gasteiger partial charge < -0.3 is 26.9 Å². The number of ether oxygens (including phenoxy) is 1. The molecule has 0 saturated heterocycles. The van der Waals surface area contributed by atoms with Gasteiger partial charge in [-0.05, 0) is 60.9 Å². The second-order valence-electron chi connectivity index (χ2n) is 9.18. The molecule has 6 heteroatoms. The van der Waals surface area contributed by atoms with E-state index in [4.69, 9.17) is 4.74 Å². The van der Waals surface area contributed by atoms with Crippen molar-refractivity contribution in [1.29, 1.82) is 0 Å². The zero-order valence-electron chi connectivity index (χ0n) is 21.0. The summed E-state index contributed by atoms with van der Waals surface area (Å²) in [6.45, 7) is 3.65. The van der Waals surface area contributed by atoms with Crippen LogP contribution in [-0.2, 0) is 4.79 Å². The second kappa shape index (κ2) is 15.3. The van der Waals surface area contributed by atoms with Crippen molar-refractivity contribution in [3.63, 3.8) is 0 Å². The number of hydrogen-bond donors (Lipinski definition) is 1. The van der Waals surface area contributed by atoms with Crippen LogP contribution >= 0.6 is 0 Å². The van der Waals surface area contributed by atoms with Crippen LogP contribution in [0.2, 0.25) is 0 Å². The molecule has 0 aliphatic heterocycles. The van der Waals surface area contributed by atoms with Gasteiger partial charge >= 0.3 is 0 Å². The minimum Gasteiger partial charge on any atom is -1.00 e. The fraction of sp³-hybridized carbons (Fsp3) is 0.429. The number of halogens is 1. The Labute approximate surface area is 211 Å². The summed E-state index contributed by atoms with van der Waals surface area (Å²) in [5.74, 6) is 0.686. The number of methoxy groups -OCH3 is 1. The number of quaternary nitrogens is 1. The molecule has 0 bridgehead atoms. The fourth-order valence-corrected chi connectivity index (χ4v) is 3.69. The summed E-state index contributed by atoms with van der Waals surface area (Å²) in [7, 11) is 5.82. The Morgan fingerprint density at radius 3 is 2.15 bits per heavy atom. The summed E-state index contributed by atoms with van der Waals surface area (Å²) in [5.41, 5.74) is 2.21. The van der Waals surface area contributed by atoms with Crippen LogP contribution in [0.5, 0.6) is 5.75 Å². The highest BCUT2D eigenvalue weighted by molar-refractivity contribution is 6.07. The van der Waals surface area contributed by atoms with Gasteiger partial charge in [0.2, 0.25) is 0 Å². The molecular formula is C28H39ClN2O3. The highest BCUT2D eigenvalue weighted by Crippen LogP contribution is 2.15. The number of rotatable bonds is 14. The normalized spacial score (nSPS) is 11.2. The van der Waals surface area contributed by atoms with E-state index in [1.54, 1.807) is 43.5 Å². The fourth-order valence-electron chi connectivity index (χ4n) is 3.69. The van der Waals surface area contributed by atoms with Crippen molar-refractivity contribution >= 4 is 23.5 Å². The topological polar surface area (TPSA) is 55.4 Å². The first-order chi connectivity index (χ1) is 15.8. The average Bonchev–Trinajstić information content (AvgIpc) is 2.80. The van der Waals surface area contributed by atoms with Crippen LogP contribution in [0.4, 0.5) is 5.69 Å². The van der Waals surface area contributed by atoms with Gasteiger partial charge in [0.05, 0.1) is 27.7 Å². The molecule has 2 rings (SSSR count). The van der Waals surface area contributed by atoms with Crippen LogP contribution in [0.15, 0.2) is 54.6 Å². The zero-order valence-corrected chi connectivity index (χ0v) is 21.7. The van der Waals surface area contributed by atoms with Gasteiger partial charge in [0.15, 0.2) is 12.3 Å². The summed E-state index contributed by atoms with van der Waals surface area (Å²) in [6, 6.07) is 14.5. The molecule has 5 nitrogen and oxygen atoms in total. The number of likely N-dealkylation sites (N-methyl/N-ethyl adjacent to an activating group) is 1. The molecule has 0 aliphatic carbocycles. The van der Waals surface area contributed by atoms with E-state index >= 15 is 0 Å². The van der Waals surface area contributed by atoms with E-state index in [9.17, 15) is 9.59 Å². The first-order valence-electron chi connectivity index (χ1n) is 11.9. The van der Waals surface area contributed by atoms with Gasteiger partial charge in [-0.2, -0.15) is 0 Å². The van der Waals surface area contributed by atoms with Crippen molar-refractivity contribution in [2.75, 3.05) is 39.6 Å². The molecule has 0 radical (unpaired) electrons. The zero-order chi connectivity index (χ0) is 24.1. The Kier molecular flexibility index (Phi) is 13.2. The summed E-state index contributed by atoms with van der Waals surface area (Å²) < 4.78 is 5.81. The van der Waals surface area contributed by atoms with Gasteiger partial charge in [-0.15, -0.1) is 0 Å². The smallest absolute Gasteiger partial charge is 0.279 e. The number of anilines is 1. The van der Waals surface area contributed by atoms with Crippen molar-refractivity contribution in [1.82, 2.24) is 0 Å². The van der Waals surface area contributed by atoms with Gasteiger partial charge in [0.1, 0.15) is 5.75 Å². The third kappa shape index (κ3) is 11.0. The quantitative estimate of drug-likeness (QED) is 0.193. The molecule has 0 heterocycles. The Bertz CT molecular complexity index is 906. The van der Waals surface area contributed by atoms with E-state index in [-0.39, 0.29) is 24.1 Å². The van der Waals surface area contributed by atoms with E-state index < -0.39 is 0 Å². The largest absolute Gasteiger partial charge is 1.00 e. The lowest BCUT2D eigenvalue weighted by Gasteiger charge is -2.29. The maximum absolute atomic E-state index is 12.5. The summed E-state index contributed by atoms with van der Waals surface area (Å²) in [5, 5.41) is 2.96. The van der Waals surface area contributed by atoms with Crippen molar-refractivity contribution in [3.8, 4) is 5.75 Å². The minimum atomic E-state index is -0.0829. The monoisotopic (exact) mass is 486 g/mol. The highest BCUT2D eigenvalue weighted by Gasteiger charge is 2.19. The summed E-state index contributed by atoms with van der Waals surface area (Å²) in [4.78, 5) is 25.0.